The first kappa shape index (κ1) is 50.7. The van der Waals surface area contributed by atoms with E-state index in [1.165, 1.54) is 85.9 Å². The smallest absolute Gasteiger partial charge is 0.252 e. The molecule has 0 N–H and O–H groups in total. The van der Waals surface area contributed by atoms with Crippen molar-refractivity contribution in [3.8, 4) is 55.9 Å². The van der Waals surface area contributed by atoms with Gasteiger partial charge in [0.05, 0.1) is 43.8 Å². The van der Waals surface area contributed by atoms with Gasteiger partial charge in [-0.2, -0.15) is 0 Å². The molecule has 0 amide bonds. The summed E-state index contributed by atoms with van der Waals surface area (Å²) in [4.78, 5) is 5.39. The second-order valence-electron chi connectivity index (χ2n) is 23.8. The third-order valence-electron chi connectivity index (χ3n) is 19.1. The minimum atomic E-state index is -0.267. The summed E-state index contributed by atoms with van der Waals surface area (Å²) in [6.07, 6.45) is 0. The number of nitrogens with zero attached hydrogens (tertiary/aromatic N) is 4. The molecule has 5 heterocycles. The first-order valence-electron chi connectivity index (χ1n) is 31.0. The van der Waals surface area contributed by atoms with Gasteiger partial charge in [0.2, 0.25) is 0 Å². The molecule has 0 saturated heterocycles. The van der Waals surface area contributed by atoms with E-state index in [-0.39, 0.29) is 6.71 Å². The van der Waals surface area contributed by atoms with Crippen LogP contribution < -0.4 is 26.2 Å². The highest BCUT2D eigenvalue weighted by atomic mass is 32.1. The molecule has 14 aromatic carbocycles. The van der Waals surface area contributed by atoms with Gasteiger partial charge in [0.15, 0.2) is 0 Å². The number of fused-ring (bicyclic) bond motifs is 14. The summed E-state index contributed by atoms with van der Waals surface area (Å²) in [5, 5.41) is 7.40. The topological polar surface area (TPSA) is 16.3 Å². The van der Waals surface area contributed by atoms with Crippen LogP contribution in [0, 0.1) is 0 Å². The zero-order chi connectivity index (χ0) is 59.0. The van der Waals surface area contributed by atoms with Crippen molar-refractivity contribution in [2.24, 2.45) is 0 Å². The molecular formula is C84H53BN4S. The van der Waals surface area contributed by atoms with Crippen LogP contribution in [-0.4, -0.2) is 15.8 Å². The predicted octanol–water partition coefficient (Wildman–Crippen LogP) is 21.0. The number of hydrogen-bond acceptors (Lipinski definition) is 3. The fraction of sp³-hybridized carbons (Fsp3) is 0. The average molecular weight is 1160 g/mol. The van der Waals surface area contributed by atoms with Crippen molar-refractivity contribution < 1.29 is 0 Å². The number of benzene rings is 14. The second-order valence-corrected chi connectivity index (χ2v) is 24.9. The highest BCUT2D eigenvalue weighted by Crippen LogP contribution is 2.56. The summed E-state index contributed by atoms with van der Waals surface area (Å²) >= 11 is 1.92. The molecule has 6 heteroatoms. The number of anilines is 6. The van der Waals surface area contributed by atoms with E-state index in [9.17, 15) is 0 Å². The Kier molecular flexibility index (Phi) is 11.3. The van der Waals surface area contributed by atoms with Crippen LogP contribution in [0.4, 0.5) is 34.1 Å². The van der Waals surface area contributed by atoms with Gasteiger partial charge in [-0.05, 0) is 111 Å². The molecule has 3 aromatic heterocycles. The molecule has 0 unspecified atom stereocenters. The molecule has 0 spiro atoms. The number of aromatic nitrogens is 2. The monoisotopic (exact) mass is 1160 g/mol. The van der Waals surface area contributed by atoms with E-state index in [4.69, 9.17) is 0 Å². The maximum atomic E-state index is 2.71. The van der Waals surface area contributed by atoms with Gasteiger partial charge in [0.25, 0.3) is 6.71 Å². The van der Waals surface area contributed by atoms with Crippen molar-refractivity contribution in [1.82, 2.24) is 9.13 Å². The average Bonchev–Trinajstić information content (AvgIpc) is 0.993. The summed E-state index contributed by atoms with van der Waals surface area (Å²) in [5.74, 6) is 0. The van der Waals surface area contributed by atoms with Crippen LogP contribution in [0.25, 0.3) is 120 Å². The van der Waals surface area contributed by atoms with Gasteiger partial charge >= 0.3 is 0 Å². The first-order chi connectivity index (χ1) is 44.7. The molecule has 0 aliphatic carbocycles. The minimum Gasteiger partial charge on any atom is -0.310 e. The van der Waals surface area contributed by atoms with Crippen LogP contribution in [0.1, 0.15) is 0 Å². The van der Waals surface area contributed by atoms with E-state index in [0.29, 0.717) is 0 Å². The van der Waals surface area contributed by atoms with Crippen LogP contribution in [0.5, 0.6) is 0 Å². The summed E-state index contributed by atoms with van der Waals surface area (Å²) < 4.78 is 7.50. The summed E-state index contributed by atoms with van der Waals surface area (Å²) in [7, 11) is 0. The van der Waals surface area contributed by atoms with Crippen LogP contribution in [0.2, 0.25) is 0 Å². The normalized spacial score (nSPS) is 12.6. The molecular weight excluding hydrogens is 1110 g/mol. The quantitative estimate of drug-likeness (QED) is 0.141. The lowest BCUT2D eigenvalue weighted by atomic mass is 9.33. The Hall–Kier alpha value is -11.4. The van der Waals surface area contributed by atoms with Crippen molar-refractivity contribution in [3.05, 3.63) is 322 Å². The van der Waals surface area contributed by atoms with Crippen molar-refractivity contribution in [1.29, 1.82) is 0 Å². The molecule has 2 aliphatic rings. The van der Waals surface area contributed by atoms with Crippen LogP contribution in [-0.2, 0) is 0 Å². The molecule has 418 valence electrons. The Morgan fingerprint density at radius 1 is 0.256 bits per heavy atom. The van der Waals surface area contributed by atoms with E-state index >= 15 is 0 Å². The Bertz CT molecular complexity index is 5400. The lowest BCUT2D eigenvalue weighted by Crippen LogP contribution is -2.61. The van der Waals surface area contributed by atoms with Crippen molar-refractivity contribution in [3.63, 3.8) is 0 Å². The number of thiophene rings is 1. The van der Waals surface area contributed by atoms with E-state index in [0.717, 1.165) is 84.3 Å². The van der Waals surface area contributed by atoms with Crippen LogP contribution >= 0.6 is 11.3 Å². The highest BCUT2D eigenvalue weighted by molar-refractivity contribution is 7.26. The molecule has 0 atom stereocenters. The van der Waals surface area contributed by atoms with E-state index in [2.05, 4.69) is 340 Å². The van der Waals surface area contributed by atoms with Gasteiger partial charge in [-0.25, -0.2) is 0 Å². The molecule has 17 aromatic rings. The Morgan fingerprint density at radius 2 is 0.611 bits per heavy atom. The SMILES string of the molecule is c1ccc(-c2cccc(-c3ccccc3)c2N2c3ccc(-n4c5ccccc5c5ccccc54)cc3B3c4cc(-n5c6ccccc6c6ccccc65)ccc4N(c4c(-c5ccccc5)cccc4-c4ccccc4)c4c3c2cc2c4sc3ccccc32)cc1. The van der Waals surface area contributed by atoms with Gasteiger partial charge in [-0.1, -0.05) is 249 Å². The van der Waals surface area contributed by atoms with E-state index in [1.807, 2.05) is 11.3 Å². The fourth-order valence-corrected chi connectivity index (χ4v) is 16.6. The van der Waals surface area contributed by atoms with E-state index < -0.39 is 0 Å². The Morgan fingerprint density at radius 3 is 1.03 bits per heavy atom. The third kappa shape index (κ3) is 7.49. The predicted molar refractivity (Wildman–Crippen MR) is 384 cm³/mol. The lowest BCUT2D eigenvalue weighted by molar-refractivity contribution is 1.17. The van der Waals surface area contributed by atoms with Crippen LogP contribution in [0.15, 0.2) is 322 Å². The summed E-state index contributed by atoms with van der Waals surface area (Å²) in [6, 6.07) is 120. The summed E-state index contributed by atoms with van der Waals surface area (Å²) in [6.45, 7) is -0.267. The first-order valence-corrected chi connectivity index (χ1v) is 31.8. The second kappa shape index (κ2) is 20.1. The van der Waals surface area contributed by atoms with Gasteiger partial charge in [0.1, 0.15) is 0 Å². The van der Waals surface area contributed by atoms with Crippen LogP contribution in [0.3, 0.4) is 0 Å². The Labute approximate surface area is 525 Å². The van der Waals surface area contributed by atoms with Gasteiger partial charge in [-0.3, -0.25) is 0 Å². The van der Waals surface area contributed by atoms with Gasteiger partial charge in [-0.15, -0.1) is 11.3 Å². The third-order valence-corrected chi connectivity index (χ3v) is 20.3. The van der Waals surface area contributed by atoms with Crippen molar-refractivity contribution >= 4 is 132 Å². The largest absolute Gasteiger partial charge is 0.310 e. The Balaban J connectivity index is 1.02. The lowest BCUT2D eigenvalue weighted by Gasteiger charge is -2.46. The number of hydrogen-bond donors (Lipinski definition) is 0. The molecule has 4 nitrogen and oxygen atoms in total. The fourth-order valence-electron chi connectivity index (χ4n) is 15.3. The molecule has 19 rings (SSSR count). The zero-order valence-electron chi connectivity index (χ0n) is 48.9. The molecule has 0 radical (unpaired) electrons. The van der Waals surface area contributed by atoms with E-state index in [1.54, 1.807) is 0 Å². The minimum absolute atomic E-state index is 0.267. The summed E-state index contributed by atoms with van der Waals surface area (Å²) in [5.41, 5.74) is 26.8. The maximum Gasteiger partial charge on any atom is 0.252 e. The van der Waals surface area contributed by atoms with Crippen molar-refractivity contribution in [2.45, 2.75) is 0 Å². The number of rotatable bonds is 8. The number of para-hydroxylation sites is 6. The van der Waals surface area contributed by atoms with Gasteiger partial charge in [0, 0.05) is 87.7 Å². The molecule has 0 saturated carbocycles. The molecule has 90 heavy (non-hydrogen) atoms. The van der Waals surface area contributed by atoms with Crippen molar-refractivity contribution in [2.75, 3.05) is 9.80 Å². The zero-order valence-corrected chi connectivity index (χ0v) is 49.7. The van der Waals surface area contributed by atoms with Gasteiger partial charge < -0.3 is 18.9 Å². The molecule has 0 fully saturated rings. The molecule has 2 aliphatic heterocycles. The maximum absolute atomic E-state index is 2.71. The standard InChI is InChI=1S/C84H53BN4S/c1-5-25-54(26-6-1)60-38-23-39-61(55-27-7-2-8-28-55)81(60)88-76-49-47-58(86-72-42-18-13-33-64(72)65-34-14-19-43-73(65)86)51-70(76)85-71-52-59(87-74-44-20-15-35-66(74)67-36-16-21-45-75(67)87)48-50-77(71)89(83-80(85)78(88)53-69-68-37-17-22-46-79(68)90-84(69)83)82-62(56-29-9-3-10-30-56)40-24-41-63(82)57-31-11-4-12-32-57/h1-53H. The molecule has 0 bridgehead atoms. The highest BCUT2D eigenvalue weighted by Gasteiger charge is 2.47.